The van der Waals surface area contributed by atoms with Crippen molar-refractivity contribution in [3.63, 3.8) is 0 Å². The van der Waals surface area contributed by atoms with Gasteiger partial charge in [0.1, 0.15) is 5.60 Å². The highest BCUT2D eigenvalue weighted by molar-refractivity contribution is 8.01. The average molecular weight is 317 g/mol. The number of rotatable bonds is 6. The third-order valence-electron chi connectivity index (χ3n) is 1.89. The molecule has 0 amide bonds. The van der Waals surface area contributed by atoms with Crippen LogP contribution in [0.25, 0.3) is 0 Å². The number of carbonyl (C=O) groups excluding carboxylic acids is 2. The predicted octanol–water partition coefficient (Wildman–Crippen LogP) is 2.68. The molecule has 0 unspecified atom stereocenters. The van der Waals surface area contributed by atoms with Gasteiger partial charge in [0.2, 0.25) is 0 Å². The molecular weight excluding hydrogens is 298 g/mol. The number of ether oxygens (including phenoxy) is 2. The van der Waals surface area contributed by atoms with Gasteiger partial charge in [0.25, 0.3) is 0 Å². The van der Waals surface area contributed by atoms with Crippen LogP contribution >= 0.6 is 23.1 Å². The number of nitrogens with zero attached hydrogens (tertiary/aromatic N) is 1. The van der Waals surface area contributed by atoms with Gasteiger partial charge in [-0.2, -0.15) is 0 Å². The average Bonchev–Trinajstić information content (AvgIpc) is 2.72. The van der Waals surface area contributed by atoms with Crippen molar-refractivity contribution in [1.29, 1.82) is 0 Å². The molecule has 7 heteroatoms. The first-order valence-electron chi connectivity index (χ1n) is 6.25. The molecule has 0 bridgehead atoms. The maximum atomic E-state index is 11.6. The Kier molecular flexibility index (Phi) is 6.48. The van der Waals surface area contributed by atoms with E-state index < -0.39 is 5.60 Å². The van der Waals surface area contributed by atoms with Crippen LogP contribution in [0.5, 0.6) is 0 Å². The van der Waals surface area contributed by atoms with Crippen molar-refractivity contribution in [1.82, 2.24) is 4.98 Å². The molecule has 0 saturated heterocycles. The molecule has 0 aliphatic heterocycles. The summed E-state index contributed by atoms with van der Waals surface area (Å²) in [5.41, 5.74) is 0.190. The van der Waals surface area contributed by atoms with Crippen molar-refractivity contribution in [2.24, 2.45) is 0 Å². The van der Waals surface area contributed by atoms with Crippen LogP contribution in [0.3, 0.4) is 0 Å². The normalized spacial score (nSPS) is 11.2. The summed E-state index contributed by atoms with van der Waals surface area (Å²) in [4.78, 5) is 27.1. The van der Waals surface area contributed by atoms with Gasteiger partial charge in [-0.3, -0.25) is 9.59 Å². The topological polar surface area (TPSA) is 65.5 Å². The van der Waals surface area contributed by atoms with E-state index in [-0.39, 0.29) is 24.1 Å². The summed E-state index contributed by atoms with van der Waals surface area (Å²) >= 11 is 2.72. The van der Waals surface area contributed by atoms with E-state index >= 15 is 0 Å². The Morgan fingerprint density at radius 2 is 2.05 bits per heavy atom. The molecule has 0 radical (unpaired) electrons. The SMILES string of the molecule is CCOC(=O)Cc1csc(SCC(=O)OC(C)(C)C)n1. The van der Waals surface area contributed by atoms with E-state index in [2.05, 4.69) is 4.98 Å². The zero-order valence-corrected chi connectivity index (χ0v) is 13.7. The van der Waals surface area contributed by atoms with Crippen molar-refractivity contribution in [2.45, 2.75) is 44.1 Å². The summed E-state index contributed by atoms with van der Waals surface area (Å²) in [5, 5.41) is 1.80. The van der Waals surface area contributed by atoms with E-state index in [4.69, 9.17) is 9.47 Å². The number of thiazole rings is 1. The van der Waals surface area contributed by atoms with Crippen LogP contribution in [0, 0.1) is 0 Å². The van der Waals surface area contributed by atoms with Gasteiger partial charge in [0, 0.05) is 5.38 Å². The van der Waals surface area contributed by atoms with Gasteiger partial charge in [-0.15, -0.1) is 11.3 Å². The first-order valence-corrected chi connectivity index (χ1v) is 8.11. The molecule has 1 heterocycles. The molecule has 0 spiro atoms. The fraction of sp³-hybridized carbons (Fsp3) is 0.615. The molecule has 0 N–H and O–H groups in total. The molecule has 0 aliphatic rings. The zero-order valence-electron chi connectivity index (χ0n) is 12.1. The van der Waals surface area contributed by atoms with E-state index in [9.17, 15) is 9.59 Å². The van der Waals surface area contributed by atoms with Crippen molar-refractivity contribution < 1.29 is 19.1 Å². The molecular formula is C13H19NO4S2. The zero-order chi connectivity index (χ0) is 15.2. The molecule has 112 valence electrons. The highest BCUT2D eigenvalue weighted by Gasteiger charge is 2.17. The minimum Gasteiger partial charge on any atom is -0.466 e. The lowest BCUT2D eigenvalue weighted by atomic mass is 10.2. The lowest BCUT2D eigenvalue weighted by Gasteiger charge is -2.18. The van der Waals surface area contributed by atoms with Crippen LogP contribution in [0.2, 0.25) is 0 Å². The number of aromatic nitrogens is 1. The number of esters is 2. The largest absolute Gasteiger partial charge is 0.466 e. The van der Waals surface area contributed by atoms with E-state index in [1.807, 2.05) is 20.8 Å². The lowest BCUT2D eigenvalue weighted by molar-refractivity contribution is -0.151. The summed E-state index contributed by atoms with van der Waals surface area (Å²) in [6.07, 6.45) is 0.164. The van der Waals surface area contributed by atoms with Gasteiger partial charge in [0.05, 0.1) is 24.5 Å². The molecule has 0 saturated carbocycles. The van der Waals surface area contributed by atoms with E-state index in [0.717, 1.165) is 4.34 Å². The van der Waals surface area contributed by atoms with Crippen LogP contribution < -0.4 is 0 Å². The Balaban J connectivity index is 2.41. The van der Waals surface area contributed by atoms with Crippen LogP contribution in [-0.2, 0) is 25.5 Å². The summed E-state index contributed by atoms with van der Waals surface area (Å²) in [6, 6.07) is 0. The second-order valence-corrected chi connectivity index (χ2v) is 7.04. The third kappa shape index (κ3) is 6.91. The highest BCUT2D eigenvalue weighted by Crippen LogP contribution is 2.23. The first kappa shape index (κ1) is 17.0. The molecule has 1 aromatic heterocycles. The van der Waals surface area contributed by atoms with E-state index in [0.29, 0.717) is 12.3 Å². The summed E-state index contributed by atoms with van der Waals surface area (Å²) in [5.74, 6) is -0.352. The molecule has 20 heavy (non-hydrogen) atoms. The number of thioether (sulfide) groups is 1. The minimum absolute atomic E-state index is 0.164. The number of carbonyl (C=O) groups is 2. The third-order valence-corrected chi connectivity index (χ3v) is 3.94. The van der Waals surface area contributed by atoms with Gasteiger partial charge in [-0.1, -0.05) is 11.8 Å². The number of hydrogen-bond acceptors (Lipinski definition) is 7. The van der Waals surface area contributed by atoms with Gasteiger partial charge in [0.15, 0.2) is 4.34 Å². The fourth-order valence-corrected chi connectivity index (χ4v) is 2.91. The van der Waals surface area contributed by atoms with Gasteiger partial charge in [-0.05, 0) is 27.7 Å². The molecule has 1 rings (SSSR count). The predicted molar refractivity (Wildman–Crippen MR) is 79.0 cm³/mol. The van der Waals surface area contributed by atoms with Crippen molar-refractivity contribution >= 4 is 35.0 Å². The molecule has 0 fully saturated rings. The van der Waals surface area contributed by atoms with Crippen LogP contribution in [0.4, 0.5) is 0 Å². The maximum absolute atomic E-state index is 11.6. The number of hydrogen-bond donors (Lipinski definition) is 0. The first-order chi connectivity index (χ1) is 9.30. The van der Waals surface area contributed by atoms with Crippen LogP contribution in [0.15, 0.2) is 9.72 Å². The van der Waals surface area contributed by atoms with Crippen LogP contribution in [-0.4, -0.2) is 34.9 Å². The smallest absolute Gasteiger partial charge is 0.316 e. The van der Waals surface area contributed by atoms with E-state index in [1.54, 1.807) is 12.3 Å². The molecule has 0 aliphatic carbocycles. The highest BCUT2D eigenvalue weighted by atomic mass is 32.2. The maximum Gasteiger partial charge on any atom is 0.316 e. The quantitative estimate of drug-likeness (QED) is 0.594. The summed E-state index contributed by atoms with van der Waals surface area (Å²) in [6.45, 7) is 7.62. The standard InChI is InChI=1S/C13H19NO4S2/c1-5-17-10(15)6-9-7-19-12(14-9)20-8-11(16)18-13(2,3)4/h7H,5-6,8H2,1-4H3. The Labute approximate surface area is 127 Å². The Morgan fingerprint density at radius 1 is 1.35 bits per heavy atom. The Hall–Kier alpha value is -1.08. The second-order valence-electron chi connectivity index (χ2n) is 4.96. The summed E-state index contributed by atoms with van der Waals surface area (Å²) in [7, 11) is 0. The van der Waals surface area contributed by atoms with Gasteiger partial charge in [-0.25, -0.2) is 4.98 Å². The van der Waals surface area contributed by atoms with Gasteiger partial charge >= 0.3 is 11.9 Å². The van der Waals surface area contributed by atoms with Gasteiger partial charge < -0.3 is 9.47 Å². The molecule has 0 atom stereocenters. The van der Waals surface area contributed by atoms with E-state index in [1.165, 1.54) is 23.1 Å². The fourth-order valence-electron chi connectivity index (χ4n) is 1.29. The second kappa shape index (κ2) is 7.64. The molecule has 1 aromatic rings. The Morgan fingerprint density at radius 3 is 2.65 bits per heavy atom. The molecule has 5 nitrogen and oxygen atoms in total. The monoisotopic (exact) mass is 317 g/mol. The van der Waals surface area contributed by atoms with Crippen molar-refractivity contribution in [2.75, 3.05) is 12.4 Å². The lowest BCUT2D eigenvalue weighted by Crippen LogP contribution is -2.24. The van der Waals surface area contributed by atoms with Crippen LogP contribution in [0.1, 0.15) is 33.4 Å². The van der Waals surface area contributed by atoms with Crippen molar-refractivity contribution in [3.8, 4) is 0 Å². The van der Waals surface area contributed by atoms with Crippen molar-refractivity contribution in [3.05, 3.63) is 11.1 Å². The minimum atomic E-state index is -0.477. The summed E-state index contributed by atoms with van der Waals surface area (Å²) < 4.78 is 10.8. The Bertz CT molecular complexity index is 465. The molecule has 0 aromatic carbocycles.